The van der Waals surface area contributed by atoms with Crippen LogP contribution in [0.25, 0.3) is 0 Å². The SMILES string of the molecule is C=CCC(C)OSc1ccc([N+](=O)[O-])cc1. The van der Waals surface area contributed by atoms with Crippen LogP contribution in [0.2, 0.25) is 0 Å². The standard InChI is InChI=1S/C11H13NO3S/c1-3-4-9(2)15-16-11-7-5-10(6-8-11)12(13)14/h3,5-9H,1,4H2,2H3. The maximum absolute atomic E-state index is 10.4. The van der Waals surface area contributed by atoms with Crippen LogP contribution in [-0.2, 0) is 4.18 Å². The Morgan fingerprint density at radius 1 is 1.56 bits per heavy atom. The Kier molecular flexibility index (Phi) is 5.01. The summed E-state index contributed by atoms with van der Waals surface area (Å²) in [5.74, 6) is 0. The van der Waals surface area contributed by atoms with Crippen LogP contribution >= 0.6 is 12.0 Å². The highest BCUT2D eigenvalue weighted by molar-refractivity contribution is 7.94. The quantitative estimate of drug-likeness (QED) is 0.329. The third-order valence-electron chi connectivity index (χ3n) is 1.85. The van der Waals surface area contributed by atoms with Gasteiger partial charge in [0.1, 0.15) is 0 Å². The Labute approximate surface area is 98.7 Å². The van der Waals surface area contributed by atoms with Crippen LogP contribution in [0.15, 0.2) is 41.8 Å². The van der Waals surface area contributed by atoms with Gasteiger partial charge in [-0.25, -0.2) is 0 Å². The van der Waals surface area contributed by atoms with E-state index in [0.29, 0.717) is 0 Å². The normalized spacial score (nSPS) is 12.1. The van der Waals surface area contributed by atoms with Crippen LogP contribution in [0.4, 0.5) is 5.69 Å². The minimum Gasteiger partial charge on any atom is -0.307 e. The number of benzene rings is 1. The van der Waals surface area contributed by atoms with E-state index in [1.807, 2.05) is 6.92 Å². The van der Waals surface area contributed by atoms with E-state index >= 15 is 0 Å². The van der Waals surface area contributed by atoms with E-state index in [4.69, 9.17) is 4.18 Å². The highest BCUT2D eigenvalue weighted by Gasteiger charge is 2.06. The van der Waals surface area contributed by atoms with Crippen molar-refractivity contribution in [3.63, 3.8) is 0 Å². The fourth-order valence-electron chi connectivity index (χ4n) is 1.04. The van der Waals surface area contributed by atoms with E-state index in [2.05, 4.69) is 6.58 Å². The lowest BCUT2D eigenvalue weighted by molar-refractivity contribution is -0.384. The molecule has 4 nitrogen and oxygen atoms in total. The molecule has 0 aliphatic heterocycles. The first-order chi connectivity index (χ1) is 7.63. The molecule has 0 N–H and O–H groups in total. The third-order valence-corrected chi connectivity index (χ3v) is 2.74. The molecule has 0 aliphatic carbocycles. The second kappa shape index (κ2) is 6.30. The molecule has 0 radical (unpaired) electrons. The van der Waals surface area contributed by atoms with Crippen molar-refractivity contribution in [2.75, 3.05) is 0 Å². The predicted octanol–water partition coefficient (Wildman–Crippen LogP) is 3.58. The van der Waals surface area contributed by atoms with E-state index in [-0.39, 0.29) is 11.8 Å². The molecule has 86 valence electrons. The second-order valence-electron chi connectivity index (χ2n) is 3.27. The van der Waals surface area contributed by atoms with Crippen LogP contribution in [0, 0.1) is 10.1 Å². The van der Waals surface area contributed by atoms with Crippen LogP contribution in [-0.4, -0.2) is 11.0 Å². The predicted molar refractivity (Wildman–Crippen MR) is 64.3 cm³/mol. The van der Waals surface area contributed by atoms with Crippen molar-refractivity contribution >= 4 is 17.7 Å². The molecule has 1 atom stereocenters. The lowest BCUT2D eigenvalue weighted by atomic mass is 10.3. The number of rotatable bonds is 6. The van der Waals surface area contributed by atoms with Gasteiger partial charge >= 0.3 is 0 Å². The summed E-state index contributed by atoms with van der Waals surface area (Å²) < 4.78 is 5.44. The smallest absolute Gasteiger partial charge is 0.269 e. The summed E-state index contributed by atoms with van der Waals surface area (Å²) in [4.78, 5) is 10.8. The summed E-state index contributed by atoms with van der Waals surface area (Å²) in [7, 11) is 0. The second-order valence-corrected chi connectivity index (χ2v) is 4.10. The van der Waals surface area contributed by atoms with Gasteiger partial charge < -0.3 is 4.18 Å². The number of nitro groups is 1. The van der Waals surface area contributed by atoms with E-state index in [9.17, 15) is 10.1 Å². The lowest BCUT2D eigenvalue weighted by Gasteiger charge is -2.08. The van der Waals surface area contributed by atoms with Gasteiger partial charge in [-0.2, -0.15) is 0 Å². The summed E-state index contributed by atoms with van der Waals surface area (Å²) >= 11 is 1.22. The summed E-state index contributed by atoms with van der Waals surface area (Å²) in [5, 5.41) is 10.4. The zero-order valence-corrected chi connectivity index (χ0v) is 9.78. The molecule has 0 amide bonds. The van der Waals surface area contributed by atoms with Crippen molar-refractivity contribution in [2.45, 2.75) is 24.3 Å². The molecule has 0 saturated heterocycles. The van der Waals surface area contributed by atoms with Gasteiger partial charge in [0.25, 0.3) is 5.69 Å². The first-order valence-corrected chi connectivity index (χ1v) is 5.56. The molecular weight excluding hydrogens is 226 g/mol. The molecule has 0 aromatic heterocycles. The van der Waals surface area contributed by atoms with Crippen molar-refractivity contribution in [1.82, 2.24) is 0 Å². The van der Waals surface area contributed by atoms with E-state index < -0.39 is 4.92 Å². The molecule has 1 aromatic rings. The average molecular weight is 239 g/mol. The largest absolute Gasteiger partial charge is 0.307 e. The zero-order valence-electron chi connectivity index (χ0n) is 8.96. The molecule has 5 heteroatoms. The van der Waals surface area contributed by atoms with Gasteiger partial charge in [-0.15, -0.1) is 6.58 Å². The monoisotopic (exact) mass is 239 g/mol. The van der Waals surface area contributed by atoms with Crippen LogP contribution in [0.5, 0.6) is 0 Å². The minimum absolute atomic E-state index is 0.0812. The van der Waals surface area contributed by atoms with Gasteiger partial charge in [0.05, 0.1) is 11.0 Å². The zero-order chi connectivity index (χ0) is 12.0. The van der Waals surface area contributed by atoms with E-state index in [1.54, 1.807) is 18.2 Å². The molecule has 1 rings (SSSR count). The number of hydrogen-bond donors (Lipinski definition) is 0. The fraction of sp³-hybridized carbons (Fsp3) is 0.273. The Morgan fingerprint density at radius 3 is 2.69 bits per heavy atom. The Balaban J connectivity index is 2.49. The van der Waals surface area contributed by atoms with Crippen molar-refractivity contribution in [3.8, 4) is 0 Å². The van der Waals surface area contributed by atoms with Crippen molar-refractivity contribution in [3.05, 3.63) is 47.0 Å². The van der Waals surface area contributed by atoms with Crippen molar-refractivity contribution < 1.29 is 9.11 Å². The highest BCUT2D eigenvalue weighted by Crippen LogP contribution is 2.24. The van der Waals surface area contributed by atoms with Gasteiger partial charge in [-0.05, 0) is 25.5 Å². The van der Waals surface area contributed by atoms with Gasteiger partial charge in [0.15, 0.2) is 0 Å². The molecular formula is C11H13NO3S. The number of nitro benzene ring substituents is 1. The molecule has 1 unspecified atom stereocenters. The van der Waals surface area contributed by atoms with Crippen molar-refractivity contribution in [2.24, 2.45) is 0 Å². The Hall–Kier alpha value is -1.33. The highest BCUT2D eigenvalue weighted by atomic mass is 32.2. The molecule has 16 heavy (non-hydrogen) atoms. The molecule has 0 fully saturated rings. The summed E-state index contributed by atoms with van der Waals surface area (Å²) in [6.07, 6.45) is 2.65. The van der Waals surface area contributed by atoms with Crippen LogP contribution in [0.3, 0.4) is 0 Å². The Bertz CT molecular complexity index is 364. The van der Waals surface area contributed by atoms with E-state index in [0.717, 1.165) is 11.3 Å². The van der Waals surface area contributed by atoms with Crippen molar-refractivity contribution in [1.29, 1.82) is 0 Å². The number of nitrogens with zero attached hydrogens (tertiary/aromatic N) is 1. The Morgan fingerprint density at radius 2 is 2.19 bits per heavy atom. The third kappa shape index (κ3) is 4.04. The summed E-state index contributed by atoms with van der Waals surface area (Å²) in [6, 6.07) is 6.26. The van der Waals surface area contributed by atoms with Gasteiger partial charge in [0.2, 0.25) is 0 Å². The van der Waals surface area contributed by atoms with Gasteiger partial charge in [-0.1, -0.05) is 6.08 Å². The topological polar surface area (TPSA) is 52.4 Å². The minimum atomic E-state index is -0.421. The van der Waals surface area contributed by atoms with E-state index in [1.165, 1.54) is 24.2 Å². The van der Waals surface area contributed by atoms with Crippen LogP contribution < -0.4 is 0 Å². The molecule has 1 aromatic carbocycles. The first kappa shape index (κ1) is 12.7. The molecule has 0 saturated carbocycles. The van der Waals surface area contributed by atoms with Gasteiger partial charge in [-0.3, -0.25) is 10.1 Å². The number of hydrogen-bond acceptors (Lipinski definition) is 4. The summed E-state index contributed by atoms with van der Waals surface area (Å²) in [5.41, 5.74) is 0.0866. The summed E-state index contributed by atoms with van der Waals surface area (Å²) in [6.45, 7) is 5.57. The maximum Gasteiger partial charge on any atom is 0.269 e. The average Bonchev–Trinajstić information content (AvgIpc) is 2.27. The lowest BCUT2D eigenvalue weighted by Crippen LogP contribution is -2.00. The maximum atomic E-state index is 10.4. The fourth-order valence-corrected chi connectivity index (χ4v) is 1.64. The molecule has 0 aliphatic rings. The molecule has 0 spiro atoms. The van der Waals surface area contributed by atoms with Crippen LogP contribution in [0.1, 0.15) is 13.3 Å². The van der Waals surface area contributed by atoms with Gasteiger partial charge in [0, 0.05) is 29.1 Å². The molecule has 0 heterocycles. The molecule has 0 bridgehead atoms. The number of non-ortho nitro benzene ring substituents is 1. The first-order valence-electron chi connectivity index (χ1n) is 4.82.